The van der Waals surface area contributed by atoms with Gasteiger partial charge in [0.25, 0.3) is 0 Å². The van der Waals surface area contributed by atoms with Crippen molar-refractivity contribution in [3.05, 3.63) is 28.8 Å². The predicted octanol–water partition coefficient (Wildman–Crippen LogP) is 2.65. The first-order valence-electron chi connectivity index (χ1n) is 6.18. The maximum Gasteiger partial charge on any atom is 0.118 e. The molecule has 2 heteroatoms. The van der Waals surface area contributed by atoms with Gasteiger partial charge in [0.2, 0.25) is 0 Å². The quantitative estimate of drug-likeness (QED) is 0.844. The highest BCUT2D eigenvalue weighted by Crippen LogP contribution is 2.22. The van der Waals surface area contributed by atoms with Crippen molar-refractivity contribution in [3.8, 4) is 5.75 Å². The fraction of sp³-hybridized carbons (Fsp3) is 0.571. The third-order valence-electron chi connectivity index (χ3n) is 3.55. The Morgan fingerprint density at radius 3 is 2.50 bits per heavy atom. The van der Waals surface area contributed by atoms with E-state index in [4.69, 9.17) is 0 Å². The van der Waals surface area contributed by atoms with Crippen LogP contribution in [0.25, 0.3) is 0 Å². The Balaban J connectivity index is 2.00. The first-order chi connectivity index (χ1) is 7.66. The van der Waals surface area contributed by atoms with Crippen molar-refractivity contribution in [2.45, 2.75) is 33.1 Å². The molecule has 0 spiro atoms. The van der Waals surface area contributed by atoms with Gasteiger partial charge < -0.3 is 10.0 Å². The van der Waals surface area contributed by atoms with Gasteiger partial charge in [0.05, 0.1) is 0 Å². The number of nitrogens with zero attached hydrogens (tertiary/aromatic N) is 1. The van der Waals surface area contributed by atoms with E-state index >= 15 is 0 Å². The van der Waals surface area contributed by atoms with Gasteiger partial charge in [-0.3, -0.25) is 0 Å². The molecular formula is C14H21NO. The van der Waals surface area contributed by atoms with E-state index in [-0.39, 0.29) is 0 Å². The summed E-state index contributed by atoms with van der Waals surface area (Å²) in [5.74, 6) is 0.419. The molecule has 0 unspecified atom stereocenters. The second-order valence-corrected chi connectivity index (χ2v) is 4.86. The lowest BCUT2D eigenvalue weighted by molar-refractivity contribution is 0.343. The lowest BCUT2D eigenvalue weighted by atomic mass is 10.0. The number of rotatable bonds is 3. The standard InChI is InChI=1S/C14H21NO/c1-11-10-14(16)12(2)9-13(11)5-8-15-6-3-4-7-15/h9-10,16H,3-8H2,1-2H3. The Morgan fingerprint density at radius 2 is 1.81 bits per heavy atom. The largest absolute Gasteiger partial charge is 0.508 e. The van der Waals surface area contributed by atoms with Gasteiger partial charge in [-0.1, -0.05) is 6.07 Å². The summed E-state index contributed by atoms with van der Waals surface area (Å²) >= 11 is 0. The van der Waals surface area contributed by atoms with Crippen LogP contribution in [0.4, 0.5) is 0 Å². The van der Waals surface area contributed by atoms with Gasteiger partial charge in [0, 0.05) is 6.54 Å². The number of phenols is 1. The van der Waals surface area contributed by atoms with Crippen molar-refractivity contribution in [1.29, 1.82) is 0 Å². The summed E-state index contributed by atoms with van der Waals surface area (Å²) in [6.07, 6.45) is 3.81. The molecule has 0 atom stereocenters. The molecule has 0 bridgehead atoms. The number of hydrogen-bond donors (Lipinski definition) is 1. The minimum atomic E-state index is 0.419. The lowest BCUT2D eigenvalue weighted by Gasteiger charge is -2.16. The van der Waals surface area contributed by atoms with E-state index in [0.29, 0.717) is 5.75 Å². The molecule has 1 saturated heterocycles. The average Bonchev–Trinajstić information content (AvgIpc) is 2.74. The van der Waals surface area contributed by atoms with E-state index in [9.17, 15) is 5.11 Å². The smallest absolute Gasteiger partial charge is 0.118 e. The van der Waals surface area contributed by atoms with E-state index in [1.54, 1.807) is 0 Å². The molecule has 0 radical (unpaired) electrons. The molecule has 1 aromatic carbocycles. The van der Waals surface area contributed by atoms with Gasteiger partial charge in [-0.05, 0) is 69.0 Å². The van der Waals surface area contributed by atoms with Crippen LogP contribution in [0, 0.1) is 13.8 Å². The zero-order chi connectivity index (χ0) is 11.5. The Bertz CT molecular complexity index is 367. The van der Waals surface area contributed by atoms with Crippen LogP contribution in [0.15, 0.2) is 12.1 Å². The molecule has 1 aromatic rings. The van der Waals surface area contributed by atoms with E-state index in [0.717, 1.165) is 18.5 Å². The first-order valence-corrected chi connectivity index (χ1v) is 6.18. The summed E-state index contributed by atoms with van der Waals surface area (Å²) in [6, 6.07) is 4.01. The summed E-state index contributed by atoms with van der Waals surface area (Å²) < 4.78 is 0. The molecule has 1 aliphatic heterocycles. The summed E-state index contributed by atoms with van der Waals surface area (Å²) in [7, 11) is 0. The number of hydrogen-bond acceptors (Lipinski definition) is 2. The first kappa shape index (κ1) is 11.5. The molecule has 2 rings (SSSR count). The number of phenolic OH excluding ortho intramolecular Hbond substituents is 1. The summed E-state index contributed by atoms with van der Waals surface area (Å²) in [5.41, 5.74) is 3.58. The third-order valence-corrected chi connectivity index (χ3v) is 3.55. The molecule has 0 amide bonds. The maximum atomic E-state index is 9.59. The van der Waals surface area contributed by atoms with Gasteiger partial charge in [0.1, 0.15) is 5.75 Å². The maximum absolute atomic E-state index is 9.59. The van der Waals surface area contributed by atoms with Gasteiger partial charge in [-0.2, -0.15) is 0 Å². The minimum Gasteiger partial charge on any atom is -0.508 e. The fourth-order valence-electron chi connectivity index (χ4n) is 2.41. The molecule has 1 N–H and O–H groups in total. The molecule has 1 aliphatic rings. The highest BCUT2D eigenvalue weighted by atomic mass is 16.3. The van der Waals surface area contributed by atoms with Gasteiger partial charge in [-0.15, -0.1) is 0 Å². The summed E-state index contributed by atoms with van der Waals surface area (Å²) in [5, 5.41) is 9.59. The van der Waals surface area contributed by atoms with Gasteiger partial charge >= 0.3 is 0 Å². The van der Waals surface area contributed by atoms with Gasteiger partial charge in [0.15, 0.2) is 0 Å². The van der Waals surface area contributed by atoms with Crippen molar-refractivity contribution in [2.75, 3.05) is 19.6 Å². The monoisotopic (exact) mass is 219 g/mol. The number of benzene rings is 1. The third kappa shape index (κ3) is 2.56. The van der Waals surface area contributed by atoms with Crippen LogP contribution < -0.4 is 0 Å². The molecule has 88 valence electrons. The van der Waals surface area contributed by atoms with Gasteiger partial charge in [-0.25, -0.2) is 0 Å². The second kappa shape index (κ2) is 4.88. The lowest BCUT2D eigenvalue weighted by Crippen LogP contribution is -2.22. The normalized spacial score (nSPS) is 16.9. The number of aryl methyl sites for hydroxylation is 2. The van der Waals surface area contributed by atoms with E-state index < -0.39 is 0 Å². The molecule has 0 saturated carbocycles. The zero-order valence-electron chi connectivity index (χ0n) is 10.3. The van der Waals surface area contributed by atoms with E-state index in [2.05, 4.69) is 17.9 Å². The Morgan fingerprint density at radius 1 is 1.12 bits per heavy atom. The second-order valence-electron chi connectivity index (χ2n) is 4.86. The zero-order valence-corrected chi connectivity index (χ0v) is 10.3. The van der Waals surface area contributed by atoms with Crippen LogP contribution in [0.2, 0.25) is 0 Å². The molecule has 0 aliphatic carbocycles. The van der Waals surface area contributed by atoms with Crippen LogP contribution in [0.3, 0.4) is 0 Å². The predicted molar refractivity (Wildman–Crippen MR) is 67.0 cm³/mol. The topological polar surface area (TPSA) is 23.5 Å². The van der Waals surface area contributed by atoms with Crippen LogP contribution in [0.1, 0.15) is 29.5 Å². The highest BCUT2D eigenvalue weighted by Gasteiger charge is 2.12. The summed E-state index contributed by atoms with van der Waals surface area (Å²) in [6.45, 7) is 7.73. The van der Waals surface area contributed by atoms with Crippen molar-refractivity contribution >= 4 is 0 Å². The molecular weight excluding hydrogens is 198 g/mol. The average molecular weight is 219 g/mol. The number of likely N-dealkylation sites (tertiary alicyclic amines) is 1. The van der Waals surface area contributed by atoms with Crippen LogP contribution >= 0.6 is 0 Å². The number of aromatic hydroxyl groups is 1. The van der Waals surface area contributed by atoms with Crippen molar-refractivity contribution in [2.24, 2.45) is 0 Å². The molecule has 2 nitrogen and oxygen atoms in total. The van der Waals surface area contributed by atoms with E-state index in [1.807, 2.05) is 13.0 Å². The molecule has 16 heavy (non-hydrogen) atoms. The molecule has 0 aromatic heterocycles. The fourth-order valence-corrected chi connectivity index (χ4v) is 2.41. The highest BCUT2D eigenvalue weighted by molar-refractivity contribution is 5.40. The Labute approximate surface area is 97.9 Å². The van der Waals surface area contributed by atoms with Crippen LogP contribution in [-0.4, -0.2) is 29.6 Å². The minimum absolute atomic E-state index is 0.419. The van der Waals surface area contributed by atoms with Crippen LogP contribution in [0.5, 0.6) is 5.75 Å². The van der Waals surface area contributed by atoms with Crippen molar-refractivity contribution in [1.82, 2.24) is 4.90 Å². The van der Waals surface area contributed by atoms with Crippen LogP contribution in [-0.2, 0) is 6.42 Å². The van der Waals surface area contributed by atoms with Crippen molar-refractivity contribution in [3.63, 3.8) is 0 Å². The Hall–Kier alpha value is -1.02. The SMILES string of the molecule is Cc1cc(CCN2CCCC2)c(C)cc1O. The van der Waals surface area contributed by atoms with E-state index in [1.165, 1.54) is 37.1 Å². The molecule has 1 fully saturated rings. The summed E-state index contributed by atoms with van der Waals surface area (Å²) in [4.78, 5) is 2.53. The molecule has 1 heterocycles. The Kier molecular flexibility index (Phi) is 3.49. The van der Waals surface area contributed by atoms with Crippen molar-refractivity contribution < 1.29 is 5.11 Å².